The molecule has 1 aromatic rings. The Hall–Kier alpha value is -0.470. The monoisotopic (exact) mass is 223 g/mol. The van der Waals surface area contributed by atoms with Gasteiger partial charge < -0.3 is 5.32 Å². The Bertz CT molecular complexity index is 284. The summed E-state index contributed by atoms with van der Waals surface area (Å²) in [6.45, 7) is 7.62. The van der Waals surface area contributed by atoms with Gasteiger partial charge in [-0.1, -0.05) is 43.7 Å². The molecule has 0 saturated carbocycles. The van der Waals surface area contributed by atoms with Crippen LogP contribution in [0.2, 0.25) is 0 Å². The number of hydrogen-bond donors (Lipinski definition) is 1. The normalized spacial score (nSPS) is 10.9. The van der Waals surface area contributed by atoms with Crippen LogP contribution in [0, 0.1) is 6.92 Å². The standard InChI is InChI=1S/C13H21NS/c1-11(2)14-7-8-15-10-13-6-4-5-12(3)9-13/h4-6,9,11,14H,7-8,10H2,1-3H3. The first-order chi connectivity index (χ1) is 7.18. The largest absolute Gasteiger partial charge is 0.314 e. The molecule has 0 aliphatic rings. The zero-order valence-corrected chi connectivity index (χ0v) is 10.7. The Morgan fingerprint density at radius 2 is 2.13 bits per heavy atom. The van der Waals surface area contributed by atoms with Crippen LogP contribution in [-0.4, -0.2) is 18.3 Å². The van der Waals surface area contributed by atoms with Crippen molar-refractivity contribution in [2.45, 2.75) is 32.6 Å². The highest BCUT2D eigenvalue weighted by atomic mass is 32.2. The van der Waals surface area contributed by atoms with Crippen LogP contribution in [0.25, 0.3) is 0 Å². The van der Waals surface area contributed by atoms with Crippen molar-refractivity contribution in [2.75, 3.05) is 12.3 Å². The van der Waals surface area contributed by atoms with Gasteiger partial charge in [-0.25, -0.2) is 0 Å². The van der Waals surface area contributed by atoms with Gasteiger partial charge in [-0.3, -0.25) is 0 Å². The van der Waals surface area contributed by atoms with Crippen molar-refractivity contribution >= 4 is 11.8 Å². The molecule has 0 fully saturated rings. The van der Waals surface area contributed by atoms with Crippen LogP contribution in [0.1, 0.15) is 25.0 Å². The number of aryl methyl sites for hydroxylation is 1. The Balaban J connectivity index is 2.15. The second-order valence-electron chi connectivity index (χ2n) is 4.15. The Labute approximate surface area is 97.7 Å². The third-order valence-corrected chi connectivity index (χ3v) is 3.18. The van der Waals surface area contributed by atoms with E-state index < -0.39 is 0 Å². The minimum absolute atomic E-state index is 0.601. The Morgan fingerprint density at radius 3 is 2.80 bits per heavy atom. The zero-order chi connectivity index (χ0) is 11.1. The maximum atomic E-state index is 3.42. The molecule has 84 valence electrons. The summed E-state index contributed by atoms with van der Waals surface area (Å²) in [5.41, 5.74) is 2.79. The summed E-state index contributed by atoms with van der Waals surface area (Å²) in [5, 5.41) is 3.42. The lowest BCUT2D eigenvalue weighted by Gasteiger charge is -2.07. The number of thioether (sulfide) groups is 1. The molecule has 0 aromatic heterocycles. The van der Waals surface area contributed by atoms with E-state index in [0.29, 0.717) is 6.04 Å². The summed E-state index contributed by atoms with van der Waals surface area (Å²) in [5.74, 6) is 2.31. The number of benzene rings is 1. The van der Waals surface area contributed by atoms with Crippen LogP contribution in [0.5, 0.6) is 0 Å². The predicted molar refractivity (Wildman–Crippen MR) is 70.5 cm³/mol. The molecule has 15 heavy (non-hydrogen) atoms. The Morgan fingerprint density at radius 1 is 1.33 bits per heavy atom. The first kappa shape index (κ1) is 12.6. The summed E-state index contributed by atoms with van der Waals surface area (Å²) in [6, 6.07) is 9.36. The molecule has 0 aliphatic heterocycles. The molecule has 2 heteroatoms. The highest BCUT2D eigenvalue weighted by Gasteiger charge is 1.95. The second kappa shape index (κ2) is 6.91. The van der Waals surface area contributed by atoms with E-state index in [0.717, 1.165) is 12.3 Å². The molecule has 0 radical (unpaired) electrons. The summed E-state index contributed by atoms with van der Waals surface area (Å²) >= 11 is 1.99. The van der Waals surface area contributed by atoms with Gasteiger partial charge in [-0.15, -0.1) is 0 Å². The van der Waals surface area contributed by atoms with Gasteiger partial charge in [0.15, 0.2) is 0 Å². The predicted octanol–water partition coefficient (Wildman–Crippen LogP) is 3.23. The number of nitrogens with one attached hydrogen (secondary N) is 1. The lowest BCUT2D eigenvalue weighted by atomic mass is 10.2. The molecule has 1 aromatic carbocycles. The van der Waals surface area contributed by atoms with Crippen LogP contribution in [0.4, 0.5) is 0 Å². The van der Waals surface area contributed by atoms with E-state index in [2.05, 4.69) is 50.4 Å². The van der Waals surface area contributed by atoms with Crippen molar-refractivity contribution < 1.29 is 0 Å². The summed E-state index contributed by atoms with van der Waals surface area (Å²) in [6.07, 6.45) is 0. The van der Waals surface area contributed by atoms with Gasteiger partial charge >= 0.3 is 0 Å². The van der Waals surface area contributed by atoms with Crippen molar-refractivity contribution in [2.24, 2.45) is 0 Å². The third-order valence-electron chi connectivity index (χ3n) is 2.15. The van der Waals surface area contributed by atoms with E-state index in [-0.39, 0.29) is 0 Å². The minimum Gasteiger partial charge on any atom is -0.314 e. The second-order valence-corrected chi connectivity index (χ2v) is 5.26. The summed E-state index contributed by atoms with van der Waals surface area (Å²) < 4.78 is 0. The van der Waals surface area contributed by atoms with Gasteiger partial charge in [0.05, 0.1) is 0 Å². The maximum Gasteiger partial charge on any atom is 0.0185 e. The molecule has 0 bridgehead atoms. The molecule has 0 spiro atoms. The highest BCUT2D eigenvalue weighted by molar-refractivity contribution is 7.98. The third kappa shape index (κ3) is 5.85. The molecule has 0 atom stereocenters. The van der Waals surface area contributed by atoms with Gasteiger partial charge in [0.25, 0.3) is 0 Å². The number of rotatable bonds is 6. The quantitative estimate of drug-likeness (QED) is 0.743. The molecule has 0 unspecified atom stereocenters. The topological polar surface area (TPSA) is 12.0 Å². The fraction of sp³-hybridized carbons (Fsp3) is 0.538. The lowest BCUT2D eigenvalue weighted by molar-refractivity contribution is 0.616. The van der Waals surface area contributed by atoms with E-state index in [1.807, 2.05) is 11.8 Å². The fourth-order valence-electron chi connectivity index (χ4n) is 1.41. The van der Waals surface area contributed by atoms with Gasteiger partial charge in [0, 0.05) is 24.1 Å². The average molecular weight is 223 g/mol. The van der Waals surface area contributed by atoms with Gasteiger partial charge in [-0.05, 0) is 12.5 Å². The summed E-state index contributed by atoms with van der Waals surface area (Å²) in [4.78, 5) is 0. The first-order valence-corrected chi connectivity index (χ1v) is 6.70. The fourth-order valence-corrected chi connectivity index (χ4v) is 2.23. The van der Waals surface area contributed by atoms with Crippen LogP contribution in [0.15, 0.2) is 24.3 Å². The van der Waals surface area contributed by atoms with Crippen LogP contribution < -0.4 is 5.32 Å². The summed E-state index contributed by atoms with van der Waals surface area (Å²) in [7, 11) is 0. The van der Waals surface area contributed by atoms with Gasteiger partial charge in [0.2, 0.25) is 0 Å². The van der Waals surface area contributed by atoms with Crippen molar-refractivity contribution in [3.63, 3.8) is 0 Å². The lowest BCUT2D eigenvalue weighted by Crippen LogP contribution is -2.24. The van der Waals surface area contributed by atoms with E-state index in [1.165, 1.54) is 16.9 Å². The van der Waals surface area contributed by atoms with Crippen molar-refractivity contribution in [3.05, 3.63) is 35.4 Å². The van der Waals surface area contributed by atoms with Gasteiger partial charge in [-0.2, -0.15) is 11.8 Å². The van der Waals surface area contributed by atoms with Gasteiger partial charge in [0.1, 0.15) is 0 Å². The van der Waals surface area contributed by atoms with Crippen LogP contribution in [-0.2, 0) is 5.75 Å². The maximum absolute atomic E-state index is 3.42. The Kier molecular flexibility index (Phi) is 5.81. The molecule has 0 heterocycles. The molecular weight excluding hydrogens is 202 g/mol. The highest BCUT2D eigenvalue weighted by Crippen LogP contribution is 2.12. The van der Waals surface area contributed by atoms with Crippen molar-refractivity contribution in [3.8, 4) is 0 Å². The van der Waals surface area contributed by atoms with Crippen LogP contribution >= 0.6 is 11.8 Å². The smallest absolute Gasteiger partial charge is 0.0185 e. The molecule has 0 saturated heterocycles. The van der Waals surface area contributed by atoms with E-state index in [1.54, 1.807) is 0 Å². The SMILES string of the molecule is Cc1cccc(CSCCNC(C)C)c1. The van der Waals surface area contributed by atoms with E-state index in [4.69, 9.17) is 0 Å². The molecule has 1 rings (SSSR count). The molecule has 0 aliphatic carbocycles. The minimum atomic E-state index is 0.601. The average Bonchev–Trinajstić information content (AvgIpc) is 2.17. The van der Waals surface area contributed by atoms with E-state index in [9.17, 15) is 0 Å². The van der Waals surface area contributed by atoms with Crippen molar-refractivity contribution in [1.82, 2.24) is 5.32 Å². The molecule has 1 nitrogen and oxygen atoms in total. The number of hydrogen-bond acceptors (Lipinski definition) is 2. The first-order valence-electron chi connectivity index (χ1n) is 5.55. The molecule has 0 amide bonds. The molecule has 1 N–H and O–H groups in total. The van der Waals surface area contributed by atoms with Crippen LogP contribution in [0.3, 0.4) is 0 Å². The molecular formula is C13H21NS. The van der Waals surface area contributed by atoms with Crippen molar-refractivity contribution in [1.29, 1.82) is 0 Å². The van der Waals surface area contributed by atoms with E-state index >= 15 is 0 Å². The zero-order valence-electron chi connectivity index (χ0n) is 9.92.